The molecule has 9 N–H and O–H groups in total. The molecule has 57 heavy (non-hydrogen) atoms. The highest BCUT2D eigenvalue weighted by Crippen LogP contribution is 2.29. The van der Waals surface area contributed by atoms with Gasteiger partial charge in [-0.2, -0.15) is 0 Å². The second kappa shape index (κ2) is 30.5. The second-order valence-electron chi connectivity index (χ2n) is 14.3. The van der Waals surface area contributed by atoms with Gasteiger partial charge in [0.2, 0.25) is 5.91 Å². The first-order valence-electron chi connectivity index (χ1n) is 20.7. The lowest BCUT2D eigenvalue weighted by Gasteiger charge is -2.46. The smallest absolute Gasteiger partial charge is 0.220 e. The molecule has 0 aromatic carbocycles. The molecule has 12 unspecified atom stereocenters. The van der Waals surface area contributed by atoms with Gasteiger partial charge in [0, 0.05) is 6.42 Å². The molecule has 14 nitrogen and oxygen atoms in total. The Morgan fingerprint density at radius 2 is 1.18 bits per heavy atom. The lowest BCUT2D eigenvalue weighted by molar-refractivity contribution is -0.359. The molecule has 2 fully saturated rings. The Balaban J connectivity index is 1.97. The molecular formula is C43H71NO13. The minimum atomic E-state index is -1.80. The van der Waals surface area contributed by atoms with Crippen molar-refractivity contribution < 1.29 is 64.6 Å². The van der Waals surface area contributed by atoms with Gasteiger partial charge < -0.3 is 65.1 Å². The van der Waals surface area contributed by atoms with E-state index in [1.165, 1.54) is 0 Å². The van der Waals surface area contributed by atoms with E-state index in [1.54, 1.807) is 6.08 Å². The minimum Gasteiger partial charge on any atom is -0.394 e. The van der Waals surface area contributed by atoms with Gasteiger partial charge in [0.15, 0.2) is 12.6 Å². The Bertz CT molecular complexity index is 1240. The highest BCUT2D eigenvalue weighted by molar-refractivity contribution is 5.76. The maximum Gasteiger partial charge on any atom is 0.220 e. The van der Waals surface area contributed by atoms with Crippen LogP contribution in [0.4, 0.5) is 0 Å². The fourth-order valence-corrected chi connectivity index (χ4v) is 6.22. The van der Waals surface area contributed by atoms with Gasteiger partial charge in [0.05, 0.1) is 32.0 Å². The molecular weight excluding hydrogens is 738 g/mol. The molecule has 0 aromatic rings. The third-order valence-electron chi connectivity index (χ3n) is 9.62. The van der Waals surface area contributed by atoms with Crippen molar-refractivity contribution in [2.45, 2.75) is 171 Å². The van der Waals surface area contributed by atoms with Crippen LogP contribution in [-0.2, 0) is 23.7 Å². The number of aliphatic hydroxyl groups excluding tert-OH is 8. The number of ether oxygens (including phenoxy) is 4. The Morgan fingerprint density at radius 1 is 0.632 bits per heavy atom. The summed E-state index contributed by atoms with van der Waals surface area (Å²) in [5, 5.41) is 86.1. The number of unbranched alkanes of at least 4 members (excludes halogenated alkanes) is 5. The van der Waals surface area contributed by atoms with E-state index in [4.69, 9.17) is 18.9 Å². The first-order valence-corrected chi connectivity index (χ1v) is 20.7. The van der Waals surface area contributed by atoms with Crippen LogP contribution in [-0.4, -0.2) is 140 Å². The van der Waals surface area contributed by atoms with Crippen LogP contribution in [0.1, 0.15) is 97.3 Å². The molecule has 2 aliphatic heterocycles. The van der Waals surface area contributed by atoms with Gasteiger partial charge in [-0.15, -0.1) is 0 Å². The van der Waals surface area contributed by atoms with E-state index in [0.717, 1.165) is 64.2 Å². The molecule has 0 radical (unpaired) electrons. The Hall–Kier alpha value is -2.57. The molecule has 12 atom stereocenters. The molecule has 2 heterocycles. The van der Waals surface area contributed by atoms with Crippen LogP contribution in [0.5, 0.6) is 0 Å². The van der Waals surface area contributed by atoms with Crippen molar-refractivity contribution in [1.82, 2.24) is 5.32 Å². The number of allylic oxidation sites excluding steroid dienone is 11. The first kappa shape index (κ1) is 50.6. The van der Waals surface area contributed by atoms with Crippen LogP contribution >= 0.6 is 0 Å². The number of nitrogens with one attached hydrogen (secondary N) is 1. The van der Waals surface area contributed by atoms with Crippen LogP contribution in [0.2, 0.25) is 0 Å². The zero-order chi connectivity index (χ0) is 41.8. The third-order valence-corrected chi connectivity index (χ3v) is 9.62. The molecule has 2 aliphatic rings. The van der Waals surface area contributed by atoms with E-state index >= 15 is 0 Å². The summed E-state index contributed by atoms with van der Waals surface area (Å²) < 4.78 is 22.5. The number of aliphatic hydroxyl groups is 8. The molecule has 2 saturated heterocycles. The van der Waals surface area contributed by atoms with E-state index in [0.29, 0.717) is 12.8 Å². The summed E-state index contributed by atoms with van der Waals surface area (Å²) >= 11 is 0. The molecule has 1 amide bonds. The van der Waals surface area contributed by atoms with Crippen molar-refractivity contribution >= 4 is 5.91 Å². The summed E-state index contributed by atoms with van der Waals surface area (Å²) in [6, 6.07) is -0.952. The van der Waals surface area contributed by atoms with Crippen LogP contribution in [0.15, 0.2) is 72.9 Å². The monoisotopic (exact) mass is 809 g/mol. The lowest BCUT2D eigenvalue weighted by Crippen LogP contribution is -2.65. The fourth-order valence-electron chi connectivity index (χ4n) is 6.22. The van der Waals surface area contributed by atoms with Crippen molar-refractivity contribution in [1.29, 1.82) is 0 Å². The highest BCUT2D eigenvalue weighted by atomic mass is 16.7. The van der Waals surface area contributed by atoms with Crippen molar-refractivity contribution in [2.24, 2.45) is 0 Å². The normalized spacial score (nSPS) is 29.9. The van der Waals surface area contributed by atoms with E-state index in [-0.39, 0.29) is 18.9 Å². The van der Waals surface area contributed by atoms with Gasteiger partial charge >= 0.3 is 0 Å². The molecule has 0 aliphatic carbocycles. The summed E-state index contributed by atoms with van der Waals surface area (Å²) in [5.41, 5.74) is 0. The SMILES string of the molecule is CC/C=C\C/C=C\C/C=C\CCCCCC(=O)NC(COC1OC(CO)C(OC2OC(CO)C(O)C(O)C2O)C(O)C1O)C(O)/C=C/CC/C=C/CC/C=C/CC. The predicted molar refractivity (Wildman–Crippen MR) is 216 cm³/mol. The maximum atomic E-state index is 13.0. The topological polar surface area (TPSA) is 228 Å². The molecule has 326 valence electrons. The van der Waals surface area contributed by atoms with Gasteiger partial charge in [-0.25, -0.2) is 0 Å². The van der Waals surface area contributed by atoms with Gasteiger partial charge in [0.25, 0.3) is 0 Å². The quantitative estimate of drug-likeness (QED) is 0.0410. The average Bonchev–Trinajstić information content (AvgIpc) is 3.21. The zero-order valence-corrected chi connectivity index (χ0v) is 33.8. The van der Waals surface area contributed by atoms with Crippen LogP contribution in [0.3, 0.4) is 0 Å². The third kappa shape index (κ3) is 19.4. The van der Waals surface area contributed by atoms with Crippen molar-refractivity contribution in [3.63, 3.8) is 0 Å². The number of amides is 1. The number of hydrogen-bond donors (Lipinski definition) is 9. The molecule has 0 spiro atoms. The largest absolute Gasteiger partial charge is 0.394 e. The second-order valence-corrected chi connectivity index (χ2v) is 14.3. The minimum absolute atomic E-state index is 0.230. The summed E-state index contributed by atoms with van der Waals surface area (Å²) in [7, 11) is 0. The molecule has 14 heteroatoms. The van der Waals surface area contributed by atoms with Crippen molar-refractivity contribution in [3.8, 4) is 0 Å². The van der Waals surface area contributed by atoms with E-state index in [2.05, 4.69) is 79.9 Å². The van der Waals surface area contributed by atoms with Crippen LogP contribution in [0, 0.1) is 0 Å². The molecule has 0 saturated carbocycles. The van der Waals surface area contributed by atoms with Crippen LogP contribution < -0.4 is 5.32 Å². The summed E-state index contributed by atoms with van der Waals surface area (Å²) in [4.78, 5) is 13.0. The van der Waals surface area contributed by atoms with Gasteiger partial charge in [-0.05, 0) is 70.6 Å². The van der Waals surface area contributed by atoms with E-state index in [9.17, 15) is 45.6 Å². The van der Waals surface area contributed by atoms with Gasteiger partial charge in [0.1, 0.15) is 48.8 Å². The first-order chi connectivity index (χ1) is 27.6. The molecule has 2 rings (SSSR count). The summed E-state index contributed by atoms with van der Waals surface area (Å²) in [5.74, 6) is -0.291. The average molecular weight is 810 g/mol. The lowest BCUT2D eigenvalue weighted by atomic mass is 9.97. The van der Waals surface area contributed by atoms with Gasteiger partial charge in [-0.3, -0.25) is 4.79 Å². The fraction of sp³-hybridized carbons (Fsp3) is 0.698. The number of rotatable bonds is 28. The van der Waals surface area contributed by atoms with E-state index in [1.807, 2.05) is 6.08 Å². The van der Waals surface area contributed by atoms with Gasteiger partial charge in [-0.1, -0.05) is 93.2 Å². The highest BCUT2D eigenvalue weighted by Gasteiger charge is 2.50. The number of carbonyl (C=O) groups is 1. The van der Waals surface area contributed by atoms with Crippen LogP contribution in [0.25, 0.3) is 0 Å². The number of hydrogen-bond acceptors (Lipinski definition) is 13. The Kier molecular flexibility index (Phi) is 27.0. The Morgan fingerprint density at radius 3 is 1.82 bits per heavy atom. The Labute approximate surface area is 338 Å². The molecule has 0 aromatic heterocycles. The molecule has 0 bridgehead atoms. The van der Waals surface area contributed by atoms with E-state index < -0.39 is 86.8 Å². The summed E-state index contributed by atoms with van der Waals surface area (Å²) in [6.07, 6.45) is 18.4. The standard InChI is InChI=1S/C43H71NO13/c1-3-5-7-9-11-13-15-16-17-19-21-23-25-27-35(48)44-31(32(47)26-24-22-20-18-14-12-10-8-6-4-2)30-54-42-40(53)38(51)41(34(29-46)56-42)57-43-39(52)37(50)36(49)33(28-45)55-43/h5-8,11,13-14,16-18,24,26,31-34,36-43,45-47,49-53H,3-4,9-10,12,15,19-23,25,27-30H2,1-2H3,(H,44,48)/b7-5-,8-6+,13-11-,17-16-,18-14+,26-24+. The summed E-state index contributed by atoms with van der Waals surface area (Å²) in [6.45, 7) is 2.43. The van der Waals surface area contributed by atoms with Crippen molar-refractivity contribution in [2.75, 3.05) is 19.8 Å². The number of carbonyl (C=O) groups excluding carboxylic acids is 1. The maximum absolute atomic E-state index is 13.0. The zero-order valence-electron chi connectivity index (χ0n) is 33.8. The van der Waals surface area contributed by atoms with Crippen molar-refractivity contribution in [3.05, 3.63) is 72.9 Å². The predicted octanol–water partition coefficient (Wildman–Crippen LogP) is 2.92.